The van der Waals surface area contributed by atoms with Crippen molar-refractivity contribution in [3.8, 4) is 0 Å². The molecule has 0 aliphatic carbocycles. The van der Waals surface area contributed by atoms with Crippen molar-refractivity contribution in [2.75, 3.05) is 18.0 Å². The normalized spacial score (nSPS) is 15.7. The fourth-order valence-electron chi connectivity index (χ4n) is 3.64. The second kappa shape index (κ2) is 6.51. The van der Waals surface area contributed by atoms with Gasteiger partial charge in [-0.15, -0.1) is 0 Å². The first kappa shape index (κ1) is 16.7. The number of piperidine rings is 1. The molecule has 0 saturated carbocycles. The monoisotopic (exact) mass is 353 g/mol. The molecule has 0 aromatic carbocycles. The molecule has 0 spiro atoms. The summed E-state index contributed by atoms with van der Waals surface area (Å²) in [6.45, 7) is 8.53. The smallest absolute Gasteiger partial charge is 0.266 e. The topological polar surface area (TPSA) is 81.2 Å². The fourth-order valence-corrected chi connectivity index (χ4v) is 3.64. The molecule has 1 aliphatic heterocycles. The van der Waals surface area contributed by atoms with Crippen LogP contribution < -0.4 is 10.5 Å². The highest BCUT2D eigenvalue weighted by atomic mass is 16.1. The third-order valence-electron chi connectivity index (χ3n) is 5.22. The van der Waals surface area contributed by atoms with E-state index >= 15 is 0 Å². The van der Waals surface area contributed by atoms with Gasteiger partial charge in [-0.1, -0.05) is 0 Å². The van der Waals surface area contributed by atoms with E-state index in [4.69, 9.17) is 0 Å². The quantitative estimate of drug-likeness (QED) is 0.710. The molecule has 1 saturated heterocycles. The number of nitrogens with zero attached hydrogens (tertiary/aromatic N) is 7. The van der Waals surface area contributed by atoms with Crippen LogP contribution in [-0.4, -0.2) is 42.5 Å². The van der Waals surface area contributed by atoms with Crippen molar-refractivity contribution in [3.63, 3.8) is 0 Å². The number of hydrogen-bond donors (Lipinski definition) is 0. The number of fused-ring (bicyclic) bond motifs is 1. The Morgan fingerprint density at radius 1 is 1.15 bits per heavy atom. The molecular weight excluding hydrogens is 330 g/mol. The molecule has 0 unspecified atom stereocenters. The maximum Gasteiger partial charge on any atom is 0.266 e. The van der Waals surface area contributed by atoms with Gasteiger partial charge in [0.2, 0.25) is 0 Å². The minimum absolute atomic E-state index is 0.0250. The molecule has 3 aromatic rings. The lowest BCUT2D eigenvalue weighted by Crippen LogP contribution is -2.38. The maximum absolute atomic E-state index is 12.0. The first-order chi connectivity index (χ1) is 12.5. The summed E-state index contributed by atoms with van der Waals surface area (Å²) in [5.41, 5.74) is 2.97. The van der Waals surface area contributed by atoms with E-state index in [2.05, 4.69) is 32.0 Å². The van der Waals surface area contributed by atoms with Gasteiger partial charge < -0.3 is 4.90 Å². The lowest BCUT2D eigenvalue weighted by Gasteiger charge is -2.34. The number of anilines is 1. The van der Waals surface area contributed by atoms with Crippen molar-refractivity contribution < 1.29 is 0 Å². The van der Waals surface area contributed by atoms with Gasteiger partial charge in [0, 0.05) is 37.0 Å². The minimum atomic E-state index is -0.0250. The van der Waals surface area contributed by atoms with Crippen LogP contribution in [0.25, 0.3) is 5.78 Å². The number of hydrogen-bond acceptors (Lipinski definition) is 6. The molecular formula is C18H23N7O. The zero-order valence-electron chi connectivity index (χ0n) is 15.4. The lowest BCUT2D eigenvalue weighted by molar-refractivity contribution is 0.332. The average molecular weight is 353 g/mol. The van der Waals surface area contributed by atoms with E-state index in [1.165, 1.54) is 0 Å². The van der Waals surface area contributed by atoms with Gasteiger partial charge in [-0.2, -0.15) is 19.7 Å². The van der Waals surface area contributed by atoms with Gasteiger partial charge >= 0.3 is 0 Å². The van der Waals surface area contributed by atoms with E-state index < -0.39 is 0 Å². The molecule has 0 radical (unpaired) electrons. The molecule has 136 valence electrons. The highest BCUT2D eigenvalue weighted by molar-refractivity contribution is 5.54. The molecule has 4 rings (SSSR count). The molecule has 26 heavy (non-hydrogen) atoms. The second-order valence-electron chi connectivity index (χ2n) is 7.04. The van der Waals surface area contributed by atoms with Crippen molar-refractivity contribution in [3.05, 3.63) is 45.8 Å². The zero-order valence-corrected chi connectivity index (χ0v) is 15.4. The molecule has 0 amide bonds. The molecule has 1 fully saturated rings. The molecule has 0 N–H and O–H groups in total. The second-order valence-corrected chi connectivity index (χ2v) is 7.04. The Balaban J connectivity index is 1.52. The lowest BCUT2D eigenvalue weighted by atomic mass is 9.96. The summed E-state index contributed by atoms with van der Waals surface area (Å²) >= 11 is 0. The van der Waals surface area contributed by atoms with Crippen LogP contribution in [0.3, 0.4) is 0 Å². The van der Waals surface area contributed by atoms with Crippen molar-refractivity contribution in [1.82, 2.24) is 29.4 Å². The van der Waals surface area contributed by atoms with Gasteiger partial charge in [0.15, 0.2) is 0 Å². The standard InChI is InChI=1S/C18H23N7O/c1-12-4-5-16(26)24(22-12)10-15-6-8-23(9-7-15)17-13(2)14(3)21-18-19-11-20-25(17)18/h4-5,11,15H,6-10H2,1-3H3. The van der Waals surface area contributed by atoms with Gasteiger partial charge in [-0.25, -0.2) is 9.67 Å². The van der Waals surface area contributed by atoms with E-state index in [1.54, 1.807) is 23.1 Å². The Bertz CT molecular complexity index is 998. The first-order valence-corrected chi connectivity index (χ1v) is 8.99. The van der Waals surface area contributed by atoms with Gasteiger partial charge in [0.05, 0.1) is 5.69 Å². The average Bonchev–Trinajstić information content (AvgIpc) is 3.08. The van der Waals surface area contributed by atoms with Crippen LogP contribution in [0.1, 0.15) is 29.8 Å². The summed E-state index contributed by atoms with van der Waals surface area (Å²) in [5, 5.41) is 8.71. The van der Waals surface area contributed by atoms with E-state index in [0.29, 0.717) is 18.2 Å². The molecule has 8 heteroatoms. The third-order valence-corrected chi connectivity index (χ3v) is 5.22. The molecule has 1 aliphatic rings. The minimum Gasteiger partial charge on any atom is -0.356 e. The van der Waals surface area contributed by atoms with Crippen LogP contribution in [-0.2, 0) is 6.54 Å². The van der Waals surface area contributed by atoms with Crippen LogP contribution in [0.4, 0.5) is 5.82 Å². The van der Waals surface area contributed by atoms with Crippen molar-refractivity contribution in [1.29, 1.82) is 0 Å². The van der Waals surface area contributed by atoms with E-state index in [0.717, 1.165) is 48.7 Å². The van der Waals surface area contributed by atoms with Gasteiger partial charge in [0.1, 0.15) is 12.1 Å². The summed E-state index contributed by atoms with van der Waals surface area (Å²) < 4.78 is 3.43. The highest BCUT2D eigenvalue weighted by Crippen LogP contribution is 2.27. The van der Waals surface area contributed by atoms with E-state index in [-0.39, 0.29) is 5.56 Å². The summed E-state index contributed by atoms with van der Waals surface area (Å²) in [4.78, 5) is 23.1. The van der Waals surface area contributed by atoms with Crippen LogP contribution >= 0.6 is 0 Å². The highest BCUT2D eigenvalue weighted by Gasteiger charge is 2.24. The summed E-state index contributed by atoms with van der Waals surface area (Å²) in [7, 11) is 0. The Hall–Kier alpha value is -2.77. The summed E-state index contributed by atoms with van der Waals surface area (Å²) in [6.07, 6.45) is 3.57. The third kappa shape index (κ3) is 2.95. The molecule has 3 aromatic heterocycles. The Kier molecular flexibility index (Phi) is 4.18. The maximum atomic E-state index is 12.0. The van der Waals surface area contributed by atoms with Gasteiger partial charge in [-0.05, 0) is 45.6 Å². The first-order valence-electron chi connectivity index (χ1n) is 8.99. The number of rotatable bonds is 3. The Morgan fingerprint density at radius 3 is 2.69 bits per heavy atom. The van der Waals surface area contributed by atoms with Crippen molar-refractivity contribution >= 4 is 11.6 Å². The molecule has 4 heterocycles. The van der Waals surface area contributed by atoms with Crippen LogP contribution in [0.15, 0.2) is 23.3 Å². The SMILES string of the molecule is Cc1ccc(=O)n(CC2CCN(c3c(C)c(C)nc4ncnn34)CC2)n1. The van der Waals surface area contributed by atoms with Crippen molar-refractivity contribution in [2.24, 2.45) is 5.92 Å². The van der Waals surface area contributed by atoms with E-state index in [9.17, 15) is 4.79 Å². The number of aryl methyl sites for hydroxylation is 2. The predicted molar refractivity (Wildman–Crippen MR) is 98.4 cm³/mol. The van der Waals surface area contributed by atoms with Gasteiger partial charge in [0.25, 0.3) is 11.3 Å². The van der Waals surface area contributed by atoms with Crippen LogP contribution in [0.5, 0.6) is 0 Å². The largest absolute Gasteiger partial charge is 0.356 e. The molecule has 0 atom stereocenters. The fraction of sp³-hybridized carbons (Fsp3) is 0.500. The van der Waals surface area contributed by atoms with E-state index in [1.807, 2.05) is 18.4 Å². The Morgan fingerprint density at radius 2 is 1.92 bits per heavy atom. The van der Waals surface area contributed by atoms with Crippen LogP contribution in [0.2, 0.25) is 0 Å². The van der Waals surface area contributed by atoms with Crippen LogP contribution in [0, 0.1) is 26.7 Å². The van der Waals surface area contributed by atoms with Gasteiger partial charge in [-0.3, -0.25) is 4.79 Å². The summed E-state index contributed by atoms with van der Waals surface area (Å²) in [5.74, 6) is 2.17. The predicted octanol–water partition coefficient (Wildman–Crippen LogP) is 1.52. The zero-order chi connectivity index (χ0) is 18.3. The molecule has 8 nitrogen and oxygen atoms in total. The summed E-state index contributed by atoms with van der Waals surface area (Å²) in [6, 6.07) is 3.36. The number of aromatic nitrogens is 6. The Labute approximate surface area is 151 Å². The van der Waals surface area contributed by atoms with Crippen molar-refractivity contribution in [2.45, 2.75) is 40.2 Å². The molecule has 0 bridgehead atoms.